The summed E-state index contributed by atoms with van der Waals surface area (Å²) in [5.41, 5.74) is 3.53. The third-order valence-corrected chi connectivity index (χ3v) is 3.29. The quantitative estimate of drug-likeness (QED) is 0.666. The Morgan fingerprint density at radius 2 is 1.62 bits per heavy atom. The SMILES string of the molecule is COC(=O)c1cccc(-c2cccc(-c3ccco3)c2)c1. The monoisotopic (exact) mass is 278 g/mol. The normalized spacial score (nSPS) is 10.3. The summed E-state index contributed by atoms with van der Waals surface area (Å²) in [4.78, 5) is 11.6. The Morgan fingerprint density at radius 3 is 2.33 bits per heavy atom. The Hall–Kier alpha value is -2.81. The zero-order chi connectivity index (χ0) is 14.7. The second kappa shape index (κ2) is 5.67. The van der Waals surface area contributed by atoms with Gasteiger partial charge in [-0.3, -0.25) is 0 Å². The highest BCUT2D eigenvalue weighted by Crippen LogP contribution is 2.27. The highest BCUT2D eigenvalue weighted by Gasteiger charge is 2.08. The van der Waals surface area contributed by atoms with Crippen LogP contribution in [0.1, 0.15) is 10.4 Å². The Kier molecular flexibility index (Phi) is 3.56. The van der Waals surface area contributed by atoms with Crippen LogP contribution in [0.4, 0.5) is 0 Å². The van der Waals surface area contributed by atoms with Crippen LogP contribution in [-0.2, 0) is 4.74 Å². The average molecular weight is 278 g/mol. The highest BCUT2D eigenvalue weighted by molar-refractivity contribution is 5.91. The molecule has 0 fully saturated rings. The first-order chi connectivity index (χ1) is 10.3. The van der Waals surface area contributed by atoms with Crippen molar-refractivity contribution in [2.45, 2.75) is 0 Å². The summed E-state index contributed by atoms with van der Waals surface area (Å²) < 4.78 is 10.2. The molecule has 0 bridgehead atoms. The van der Waals surface area contributed by atoms with Crippen LogP contribution in [0.2, 0.25) is 0 Å². The Morgan fingerprint density at radius 1 is 0.905 bits per heavy atom. The summed E-state index contributed by atoms with van der Waals surface area (Å²) in [6.07, 6.45) is 1.65. The largest absolute Gasteiger partial charge is 0.465 e. The van der Waals surface area contributed by atoms with Crippen LogP contribution < -0.4 is 0 Å². The summed E-state index contributed by atoms with van der Waals surface area (Å²) >= 11 is 0. The number of ether oxygens (including phenoxy) is 1. The molecule has 3 heteroatoms. The van der Waals surface area contributed by atoms with Crippen LogP contribution in [0.5, 0.6) is 0 Å². The van der Waals surface area contributed by atoms with Crippen molar-refractivity contribution in [3.8, 4) is 22.5 Å². The molecule has 0 spiro atoms. The van der Waals surface area contributed by atoms with Crippen LogP contribution >= 0.6 is 0 Å². The predicted molar refractivity (Wildman–Crippen MR) is 80.9 cm³/mol. The predicted octanol–water partition coefficient (Wildman–Crippen LogP) is 4.40. The fraction of sp³-hybridized carbons (Fsp3) is 0.0556. The molecule has 0 saturated carbocycles. The van der Waals surface area contributed by atoms with E-state index < -0.39 is 0 Å². The molecule has 0 aliphatic heterocycles. The zero-order valence-electron chi connectivity index (χ0n) is 11.6. The summed E-state index contributed by atoms with van der Waals surface area (Å²) in [6, 6.07) is 19.2. The van der Waals surface area contributed by atoms with Crippen molar-refractivity contribution in [3.05, 3.63) is 72.5 Å². The van der Waals surface area contributed by atoms with Gasteiger partial charge in [-0.25, -0.2) is 4.79 Å². The molecule has 3 nitrogen and oxygen atoms in total. The van der Waals surface area contributed by atoms with E-state index in [4.69, 9.17) is 9.15 Å². The van der Waals surface area contributed by atoms with E-state index in [1.54, 1.807) is 12.3 Å². The number of benzene rings is 2. The molecule has 2 aromatic carbocycles. The first-order valence-corrected chi connectivity index (χ1v) is 6.60. The molecule has 0 radical (unpaired) electrons. The van der Waals surface area contributed by atoms with Crippen LogP contribution in [0.25, 0.3) is 22.5 Å². The Bertz CT molecular complexity index is 758. The molecule has 0 N–H and O–H groups in total. The lowest BCUT2D eigenvalue weighted by Crippen LogP contribution is -2.00. The molecule has 1 aromatic heterocycles. The maximum absolute atomic E-state index is 11.6. The van der Waals surface area contributed by atoms with Gasteiger partial charge in [0, 0.05) is 5.56 Å². The van der Waals surface area contributed by atoms with E-state index in [-0.39, 0.29) is 5.97 Å². The van der Waals surface area contributed by atoms with Crippen molar-refractivity contribution in [2.24, 2.45) is 0 Å². The molecule has 0 atom stereocenters. The lowest BCUT2D eigenvalue weighted by molar-refractivity contribution is 0.0601. The minimum atomic E-state index is -0.334. The molecule has 0 aliphatic rings. The Labute approximate surface area is 122 Å². The standard InChI is InChI=1S/C18H14O3/c1-20-18(19)16-8-3-6-14(12-16)13-5-2-7-15(11-13)17-9-4-10-21-17/h2-12H,1H3. The van der Waals surface area contributed by atoms with Crippen molar-refractivity contribution in [2.75, 3.05) is 7.11 Å². The van der Waals surface area contributed by atoms with E-state index in [0.29, 0.717) is 5.56 Å². The van der Waals surface area contributed by atoms with Gasteiger partial charge in [-0.1, -0.05) is 30.3 Å². The molecule has 21 heavy (non-hydrogen) atoms. The van der Waals surface area contributed by atoms with E-state index >= 15 is 0 Å². The molecule has 104 valence electrons. The number of hydrogen-bond donors (Lipinski definition) is 0. The van der Waals surface area contributed by atoms with Gasteiger partial charge in [0.15, 0.2) is 0 Å². The number of methoxy groups -OCH3 is 1. The van der Waals surface area contributed by atoms with Gasteiger partial charge in [-0.2, -0.15) is 0 Å². The molecular weight excluding hydrogens is 264 g/mol. The summed E-state index contributed by atoms with van der Waals surface area (Å²) in [6.45, 7) is 0. The van der Waals surface area contributed by atoms with Gasteiger partial charge in [0.05, 0.1) is 18.9 Å². The van der Waals surface area contributed by atoms with Gasteiger partial charge >= 0.3 is 5.97 Å². The summed E-state index contributed by atoms with van der Waals surface area (Å²) in [5.74, 6) is 0.486. The minimum Gasteiger partial charge on any atom is -0.465 e. The smallest absolute Gasteiger partial charge is 0.337 e. The van der Waals surface area contributed by atoms with Crippen molar-refractivity contribution in [1.82, 2.24) is 0 Å². The second-order valence-electron chi connectivity index (χ2n) is 4.63. The van der Waals surface area contributed by atoms with Gasteiger partial charge in [0.25, 0.3) is 0 Å². The molecule has 0 saturated heterocycles. The molecule has 3 aromatic rings. The topological polar surface area (TPSA) is 39.4 Å². The number of carbonyl (C=O) groups is 1. The highest BCUT2D eigenvalue weighted by atomic mass is 16.5. The van der Waals surface area contributed by atoms with Crippen LogP contribution in [0.3, 0.4) is 0 Å². The van der Waals surface area contributed by atoms with E-state index in [1.165, 1.54) is 7.11 Å². The number of furan rings is 1. The van der Waals surface area contributed by atoms with E-state index in [2.05, 4.69) is 0 Å². The molecule has 0 unspecified atom stereocenters. The molecule has 1 heterocycles. The maximum Gasteiger partial charge on any atom is 0.337 e. The summed E-state index contributed by atoms with van der Waals surface area (Å²) in [5, 5.41) is 0. The van der Waals surface area contributed by atoms with Crippen LogP contribution in [-0.4, -0.2) is 13.1 Å². The molecule has 0 aliphatic carbocycles. The van der Waals surface area contributed by atoms with Gasteiger partial charge in [-0.15, -0.1) is 0 Å². The minimum absolute atomic E-state index is 0.334. The molecule has 3 rings (SSSR count). The van der Waals surface area contributed by atoms with Gasteiger partial charge in [-0.05, 0) is 41.5 Å². The maximum atomic E-state index is 11.6. The van der Waals surface area contributed by atoms with E-state index in [9.17, 15) is 4.79 Å². The number of esters is 1. The number of hydrogen-bond acceptors (Lipinski definition) is 3. The van der Waals surface area contributed by atoms with Gasteiger partial charge < -0.3 is 9.15 Å². The van der Waals surface area contributed by atoms with Crippen molar-refractivity contribution in [1.29, 1.82) is 0 Å². The average Bonchev–Trinajstić information content (AvgIpc) is 3.09. The van der Waals surface area contributed by atoms with Gasteiger partial charge in [0.2, 0.25) is 0 Å². The second-order valence-corrected chi connectivity index (χ2v) is 4.63. The van der Waals surface area contributed by atoms with E-state index in [0.717, 1.165) is 22.5 Å². The van der Waals surface area contributed by atoms with Gasteiger partial charge in [0.1, 0.15) is 5.76 Å². The van der Waals surface area contributed by atoms with E-state index in [1.807, 2.05) is 54.6 Å². The number of carbonyl (C=O) groups excluding carboxylic acids is 1. The summed E-state index contributed by atoms with van der Waals surface area (Å²) in [7, 11) is 1.38. The lowest BCUT2D eigenvalue weighted by Gasteiger charge is -2.06. The zero-order valence-corrected chi connectivity index (χ0v) is 11.6. The first-order valence-electron chi connectivity index (χ1n) is 6.60. The van der Waals surface area contributed by atoms with Crippen molar-refractivity contribution < 1.29 is 13.9 Å². The molecular formula is C18H14O3. The van der Waals surface area contributed by atoms with Crippen LogP contribution in [0.15, 0.2) is 71.3 Å². The van der Waals surface area contributed by atoms with Crippen molar-refractivity contribution >= 4 is 5.97 Å². The number of rotatable bonds is 3. The first kappa shape index (κ1) is 13.2. The fourth-order valence-electron chi connectivity index (χ4n) is 2.24. The Balaban J connectivity index is 2.01. The lowest BCUT2D eigenvalue weighted by atomic mass is 10.0. The molecule has 0 amide bonds. The third kappa shape index (κ3) is 2.72. The van der Waals surface area contributed by atoms with Crippen molar-refractivity contribution in [3.63, 3.8) is 0 Å². The van der Waals surface area contributed by atoms with Crippen LogP contribution in [0, 0.1) is 0 Å². The fourth-order valence-corrected chi connectivity index (χ4v) is 2.24. The third-order valence-electron chi connectivity index (χ3n) is 3.29.